The van der Waals surface area contributed by atoms with Crippen LogP contribution in [0, 0.1) is 0 Å². The molecule has 4 amide bonds. The molecule has 3 aromatic carbocycles. The van der Waals surface area contributed by atoms with E-state index in [0.29, 0.717) is 36.2 Å². The van der Waals surface area contributed by atoms with Crippen LogP contribution in [-0.4, -0.2) is 23.6 Å². The van der Waals surface area contributed by atoms with Gasteiger partial charge in [0.15, 0.2) is 0 Å². The van der Waals surface area contributed by atoms with E-state index in [-0.39, 0.29) is 23.6 Å². The number of nitrogens with one attached hydrogen (secondary N) is 4. The standard InChI is InChI=1S/C29H28N4O4/c34-26-8-2-5-19-15-21(10-12-24(19)32-26)28(36)30-17-18-4-1-7-23(14-18)31-29(37)22-11-13-25-20(16-22)6-3-9-27(35)33-25/h1,4,7,10-16H,2-3,5-6,8-9,17H2,(H,30,36)(H,31,37)(H,32,34)(H,33,35). The van der Waals surface area contributed by atoms with Crippen molar-refractivity contribution in [1.82, 2.24) is 5.32 Å². The highest BCUT2D eigenvalue weighted by atomic mass is 16.2. The van der Waals surface area contributed by atoms with Crippen LogP contribution < -0.4 is 21.3 Å². The first kappa shape index (κ1) is 24.2. The monoisotopic (exact) mass is 496 g/mol. The molecule has 37 heavy (non-hydrogen) atoms. The van der Waals surface area contributed by atoms with Crippen molar-refractivity contribution in [2.75, 3.05) is 16.0 Å². The fourth-order valence-corrected chi connectivity index (χ4v) is 4.68. The molecule has 4 N–H and O–H groups in total. The van der Waals surface area contributed by atoms with Crippen molar-refractivity contribution in [3.63, 3.8) is 0 Å². The minimum Gasteiger partial charge on any atom is -0.348 e. The maximum Gasteiger partial charge on any atom is 0.255 e. The van der Waals surface area contributed by atoms with Crippen LogP contribution in [-0.2, 0) is 29.0 Å². The lowest BCUT2D eigenvalue weighted by molar-refractivity contribution is -0.117. The van der Waals surface area contributed by atoms with E-state index in [1.165, 1.54) is 0 Å². The molecule has 2 aliphatic heterocycles. The molecule has 8 heteroatoms. The van der Waals surface area contributed by atoms with Crippen LogP contribution in [0.5, 0.6) is 0 Å². The van der Waals surface area contributed by atoms with Crippen LogP contribution >= 0.6 is 0 Å². The van der Waals surface area contributed by atoms with Gasteiger partial charge in [-0.15, -0.1) is 0 Å². The van der Waals surface area contributed by atoms with Gasteiger partial charge in [-0.2, -0.15) is 0 Å². The molecular formula is C29H28N4O4. The second kappa shape index (κ2) is 10.7. The maximum absolute atomic E-state index is 12.9. The number of carbonyl (C=O) groups excluding carboxylic acids is 4. The fraction of sp³-hybridized carbons (Fsp3) is 0.241. The molecule has 3 aromatic rings. The van der Waals surface area contributed by atoms with Crippen LogP contribution in [0.2, 0.25) is 0 Å². The fourth-order valence-electron chi connectivity index (χ4n) is 4.68. The first-order valence-corrected chi connectivity index (χ1v) is 12.5. The SMILES string of the molecule is O=C1CCCc2cc(C(=O)NCc3cccc(NC(=O)c4ccc5c(c4)CCCC(=O)N5)c3)ccc2N1. The molecule has 0 bridgehead atoms. The zero-order valence-electron chi connectivity index (χ0n) is 20.4. The minimum atomic E-state index is -0.239. The maximum atomic E-state index is 12.9. The van der Waals surface area contributed by atoms with Gasteiger partial charge in [-0.25, -0.2) is 0 Å². The zero-order chi connectivity index (χ0) is 25.8. The minimum absolute atomic E-state index is 0.00139. The molecule has 2 aliphatic rings. The van der Waals surface area contributed by atoms with E-state index in [0.717, 1.165) is 53.7 Å². The lowest BCUT2D eigenvalue weighted by atomic mass is 10.0. The Labute approximate surface area is 214 Å². The van der Waals surface area contributed by atoms with Crippen molar-refractivity contribution in [3.8, 4) is 0 Å². The van der Waals surface area contributed by atoms with Crippen LogP contribution in [0.25, 0.3) is 0 Å². The van der Waals surface area contributed by atoms with Gasteiger partial charge in [-0.1, -0.05) is 12.1 Å². The Morgan fingerprint density at radius 1 is 0.703 bits per heavy atom. The molecule has 8 nitrogen and oxygen atoms in total. The normalized spacial score (nSPS) is 14.7. The molecule has 0 saturated carbocycles. The van der Waals surface area contributed by atoms with E-state index in [4.69, 9.17) is 0 Å². The van der Waals surface area contributed by atoms with Gasteiger partial charge in [-0.3, -0.25) is 19.2 Å². The third kappa shape index (κ3) is 5.86. The first-order chi connectivity index (χ1) is 17.9. The zero-order valence-corrected chi connectivity index (χ0v) is 20.4. The third-order valence-electron chi connectivity index (χ3n) is 6.62. The Morgan fingerprint density at radius 2 is 1.30 bits per heavy atom. The van der Waals surface area contributed by atoms with E-state index < -0.39 is 0 Å². The van der Waals surface area contributed by atoms with E-state index in [1.807, 2.05) is 30.3 Å². The number of amides is 4. The molecular weight excluding hydrogens is 468 g/mol. The van der Waals surface area contributed by atoms with Crippen molar-refractivity contribution in [2.24, 2.45) is 0 Å². The first-order valence-electron chi connectivity index (χ1n) is 12.5. The van der Waals surface area contributed by atoms with Crippen LogP contribution in [0.4, 0.5) is 17.1 Å². The van der Waals surface area contributed by atoms with E-state index in [2.05, 4.69) is 21.3 Å². The Balaban J connectivity index is 1.21. The number of carbonyl (C=O) groups is 4. The summed E-state index contributed by atoms with van der Waals surface area (Å²) >= 11 is 0. The average molecular weight is 497 g/mol. The van der Waals surface area contributed by atoms with Gasteiger partial charge in [0.25, 0.3) is 11.8 Å². The van der Waals surface area contributed by atoms with Gasteiger partial charge in [0.1, 0.15) is 0 Å². The van der Waals surface area contributed by atoms with Crippen LogP contribution in [0.1, 0.15) is 63.1 Å². The van der Waals surface area contributed by atoms with Crippen molar-refractivity contribution in [1.29, 1.82) is 0 Å². The molecule has 0 atom stereocenters. The highest BCUT2D eigenvalue weighted by Crippen LogP contribution is 2.25. The average Bonchev–Trinajstić information content (AvgIpc) is 3.20. The van der Waals surface area contributed by atoms with Gasteiger partial charge < -0.3 is 21.3 Å². The van der Waals surface area contributed by atoms with Crippen LogP contribution in [0.3, 0.4) is 0 Å². The summed E-state index contributed by atoms with van der Waals surface area (Å²) < 4.78 is 0. The summed E-state index contributed by atoms with van der Waals surface area (Å²) in [5.41, 5.74) is 5.97. The van der Waals surface area contributed by atoms with Gasteiger partial charge in [0.05, 0.1) is 0 Å². The summed E-state index contributed by atoms with van der Waals surface area (Å²) in [6.45, 7) is 0.301. The summed E-state index contributed by atoms with van der Waals surface area (Å²) in [5.74, 6) is -0.449. The van der Waals surface area contributed by atoms with Crippen molar-refractivity contribution in [3.05, 3.63) is 88.5 Å². The molecule has 0 radical (unpaired) electrons. The number of benzene rings is 3. The summed E-state index contributed by atoms with van der Waals surface area (Å²) in [7, 11) is 0. The predicted octanol–water partition coefficient (Wildman–Crippen LogP) is 4.42. The highest BCUT2D eigenvalue weighted by Gasteiger charge is 2.17. The lowest BCUT2D eigenvalue weighted by Gasteiger charge is -2.12. The van der Waals surface area contributed by atoms with Crippen molar-refractivity contribution >= 4 is 40.7 Å². The molecule has 0 spiro atoms. The highest BCUT2D eigenvalue weighted by molar-refractivity contribution is 6.05. The van der Waals surface area contributed by atoms with E-state index in [9.17, 15) is 19.2 Å². The quantitative estimate of drug-likeness (QED) is 0.418. The molecule has 188 valence electrons. The van der Waals surface area contributed by atoms with Crippen molar-refractivity contribution in [2.45, 2.75) is 45.1 Å². The Morgan fingerprint density at radius 3 is 1.92 bits per heavy atom. The number of fused-ring (bicyclic) bond motifs is 2. The molecule has 0 fully saturated rings. The molecule has 2 heterocycles. The molecule has 0 saturated heterocycles. The van der Waals surface area contributed by atoms with Gasteiger partial charge in [0.2, 0.25) is 11.8 Å². The second-order valence-corrected chi connectivity index (χ2v) is 9.38. The topological polar surface area (TPSA) is 116 Å². The van der Waals surface area contributed by atoms with Crippen LogP contribution in [0.15, 0.2) is 60.7 Å². The summed E-state index contributed by atoms with van der Waals surface area (Å²) in [6, 6.07) is 18.0. The van der Waals surface area contributed by atoms with E-state index in [1.54, 1.807) is 30.3 Å². The number of rotatable bonds is 5. The largest absolute Gasteiger partial charge is 0.348 e. The molecule has 0 aliphatic carbocycles. The summed E-state index contributed by atoms with van der Waals surface area (Å²) in [4.78, 5) is 49.2. The number of hydrogen-bond acceptors (Lipinski definition) is 4. The number of aryl methyl sites for hydroxylation is 2. The van der Waals surface area contributed by atoms with Gasteiger partial charge >= 0.3 is 0 Å². The van der Waals surface area contributed by atoms with Crippen molar-refractivity contribution < 1.29 is 19.2 Å². The van der Waals surface area contributed by atoms with Gasteiger partial charge in [0, 0.05) is 47.6 Å². The third-order valence-corrected chi connectivity index (χ3v) is 6.62. The second-order valence-electron chi connectivity index (χ2n) is 9.38. The number of anilines is 3. The Hall–Kier alpha value is -4.46. The summed E-state index contributed by atoms with van der Waals surface area (Å²) in [6.07, 6.45) is 3.95. The summed E-state index contributed by atoms with van der Waals surface area (Å²) in [5, 5.41) is 11.6. The Kier molecular flexibility index (Phi) is 6.98. The molecule has 0 aromatic heterocycles. The van der Waals surface area contributed by atoms with E-state index >= 15 is 0 Å². The number of hydrogen-bond donors (Lipinski definition) is 4. The molecule has 5 rings (SSSR count). The Bertz CT molecular complexity index is 1400. The molecule has 0 unspecified atom stereocenters. The van der Waals surface area contributed by atoms with Gasteiger partial charge in [-0.05, 0) is 90.9 Å². The predicted molar refractivity (Wildman–Crippen MR) is 142 cm³/mol. The smallest absolute Gasteiger partial charge is 0.255 e. The lowest BCUT2D eigenvalue weighted by Crippen LogP contribution is -2.23.